The molecule has 1 unspecified atom stereocenters. The summed E-state index contributed by atoms with van der Waals surface area (Å²) in [5.41, 5.74) is 0.364. The minimum Gasteiger partial charge on any atom is -0.340 e. The molecule has 166 valence electrons. The molecule has 4 heterocycles. The van der Waals surface area contributed by atoms with Gasteiger partial charge < -0.3 is 14.8 Å². The number of nitrogens with zero attached hydrogens (tertiary/aromatic N) is 5. The topological polar surface area (TPSA) is 93.0 Å². The van der Waals surface area contributed by atoms with Gasteiger partial charge in [0.05, 0.1) is 6.04 Å². The second-order valence-electron chi connectivity index (χ2n) is 7.96. The SMILES string of the molecule is CC(C)C(NC(=O)c1ccccn1)c1nnc2n1CCN(C(=O)C=Cc1cccs1)CC2. The van der Waals surface area contributed by atoms with Crippen molar-refractivity contribution in [3.05, 3.63) is 70.2 Å². The van der Waals surface area contributed by atoms with Gasteiger partial charge >= 0.3 is 0 Å². The minimum atomic E-state index is -0.313. The first-order chi connectivity index (χ1) is 15.5. The monoisotopic (exact) mass is 450 g/mol. The van der Waals surface area contributed by atoms with Crippen LogP contribution in [-0.2, 0) is 17.8 Å². The van der Waals surface area contributed by atoms with Crippen molar-refractivity contribution in [3.63, 3.8) is 0 Å². The predicted octanol–water partition coefficient (Wildman–Crippen LogP) is 2.96. The van der Waals surface area contributed by atoms with E-state index < -0.39 is 0 Å². The van der Waals surface area contributed by atoms with Crippen LogP contribution in [0.15, 0.2) is 48.0 Å². The average Bonchev–Trinajstić information content (AvgIpc) is 3.41. The summed E-state index contributed by atoms with van der Waals surface area (Å²) in [5.74, 6) is 1.39. The summed E-state index contributed by atoms with van der Waals surface area (Å²) >= 11 is 1.60. The van der Waals surface area contributed by atoms with Crippen LogP contribution in [0.3, 0.4) is 0 Å². The van der Waals surface area contributed by atoms with Crippen LogP contribution in [-0.4, -0.2) is 49.6 Å². The Balaban J connectivity index is 1.47. The molecule has 0 radical (unpaired) electrons. The molecule has 2 amide bonds. The van der Waals surface area contributed by atoms with E-state index in [1.807, 2.05) is 46.9 Å². The zero-order valence-electron chi connectivity index (χ0n) is 18.1. The maximum Gasteiger partial charge on any atom is 0.270 e. The number of fused-ring (bicyclic) bond motifs is 1. The van der Waals surface area contributed by atoms with Gasteiger partial charge in [-0.2, -0.15) is 0 Å². The Hall–Kier alpha value is -3.33. The minimum absolute atomic E-state index is 0.0115. The van der Waals surface area contributed by atoms with Gasteiger partial charge in [-0.15, -0.1) is 21.5 Å². The number of nitrogens with one attached hydrogen (secondary N) is 1. The molecule has 1 N–H and O–H groups in total. The molecular weight excluding hydrogens is 424 g/mol. The van der Waals surface area contributed by atoms with E-state index in [0.29, 0.717) is 37.6 Å². The lowest BCUT2D eigenvalue weighted by molar-refractivity contribution is -0.125. The highest BCUT2D eigenvalue weighted by atomic mass is 32.1. The number of carbonyl (C=O) groups is 2. The Morgan fingerprint density at radius 3 is 2.72 bits per heavy atom. The molecule has 1 atom stereocenters. The van der Waals surface area contributed by atoms with Crippen molar-refractivity contribution >= 4 is 29.2 Å². The zero-order valence-corrected chi connectivity index (χ0v) is 19.0. The summed E-state index contributed by atoms with van der Waals surface area (Å²) in [6.45, 7) is 5.79. The number of hydrogen-bond donors (Lipinski definition) is 1. The average molecular weight is 451 g/mol. The van der Waals surface area contributed by atoms with Crippen molar-refractivity contribution in [2.75, 3.05) is 13.1 Å². The Labute approximate surface area is 191 Å². The lowest BCUT2D eigenvalue weighted by atomic mass is 10.0. The van der Waals surface area contributed by atoms with Gasteiger partial charge in [0.25, 0.3) is 5.91 Å². The molecule has 1 aliphatic rings. The van der Waals surface area contributed by atoms with E-state index in [2.05, 4.69) is 20.5 Å². The van der Waals surface area contributed by atoms with E-state index in [4.69, 9.17) is 0 Å². The van der Waals surface area contributed by atoms with Crippen LogP contribution in [0.25, 0.3) is 6.08 Å². The van der Waals surface area contributed by atoms with E-state index >= 15 is 0 Å². The Morgan fingerprint density at radius 2 is 2.00 bits per heavy atom. The van der Waals surface area contributed by atoms with E-state index in [1.54, 1.807) is 41.8 Å². The first kappa shape index (κ1) is 21.9. The van der Waals surface area contributed by atoms with Crippen LogP contribution in [0.4, 0.5) is 0 Å². The fourth-order valence-corrected chi connectivity index (χ4v) is 4.30. The van der Waals surface area contributed by atoms with Crippen molar-refractivity contribution in [3.8, 4) is 0 Å². The number of rotatable bonds is 6. The molecule has 4 rings (SSSR count). The number of amides is 2. The fraction of sp³-hybridized carbons (Fsp3) is 0.348. The quantitative estimate of drug-likeness (QED) is 0.583. The Kier molecular flexibility index (Phi) is 6.75. The summed E-state index contributed by atoms with van der Waals surface area (Å²) in [6.07, 6.45) is 5.69. The molecular formula is C23H26N6O2S. The molecule has 3 aromatic heterocycles. The normalized spacial score (nSPS) is 14.9. The highest BCUT2D eigenvalue weighted by molar-refractivity contribution is 7.10. The molecule has 0 aliphatic carbocycles. The molecule has 0 bridgehead atoms. The first-order valence-corrected chi connectivity index (χ1v) is 11.5. The maximum absolute atomic E-state index is 12.7. The van der Waals surface area contributed by atoms with E-state index in [9.17, 15) is 9.59 Å². The summed E-state index contributed by atoms with van der Waals surface area (Å²) in [4.78, 5) is 32.4. The van der Waals surface area contributed by atoms with Gasteiger partial charge in [0.1, 0.15) is 11.5 Å². The number of aromatic nitrogens is 4. The lowest BCUT2D eigenvalue weighted by Crippen LogP contribution is -2.35. The fourth-order valence-electron chi connectivity index (χ4n) is 3.68. The van der Waals surface area contributed by atoms with E-state index in [0.717, 1.165) is 10.7 Å². The molecule has 1 aliphatic heterocycles. The van der Waals surface area contributed by atoms with Gasteiger partial charge in [0.15, 0.2) is 5.82 Å². The van der Waals surface area contributed by atoms with Crippen LogP contribution < -0.4 is 5.32 Å². The van der Waals surface area contributed by atoms with Crippen molar-refractivity contribution in [1.29, 1.82) is 0 Å². The first-order valence-electron chi connectivity index (χ1n) is 10.7. The molecule has 3 aromatic rings. The standard InChI is InChI=1S/C23H26N6O2S/c1-16(2)21(25-23(31)18-7-3-4-11-24-18)22-27-26-19-10-12-28(13-14-29(19)22)20(30)9-8-17-6-5-15-32-17/h3-9,11,15-16,21H,10,12-14H2,1-2H3,(H,25,31). The van der Waals surface area contributed by atoms with Crippen LogP contribution in [0.2, 0.25) is 0 Å². The smallest absolute Gasteiger partial charge is 0.270 e. The molecule has 0 aromatic carbocycles. The molecule has 0 fully saturated rings. The summed E-state index contributed by atoms with van der Waals surface area (Å²) in [5, 5.41) is 13.8. The number of carbonyl (C=O) groups excluding carboxylic acids is 2. The van der Waals surface area contributed by atoms with Gasteiger partial charge in [0.2, 0.25) is 5.91 Å². The molecule has 0 saturated heterocycles. The summed E-state index contributed by atoms with van der Waals surface area (Å²) < 4.78 is 2.04. The molecule has 0 spiro atoms. The third-order valence-corrected chi connectivity index (χ3v) is 6.27. The van der Waals surface area contributed by atoms with Crippen LogP contribution >= 0.6 is 11.3 Å². The third kappa shape index (κ3) is 4.94. The third-order valence-electron chi connectivity index (χ3n) is 5.43. The number of thiophene rings is 1. The molecule has 8 nitrogen and oxygen atoms in total. The summed E-state index contributed by atoms with van der Waals surface area (Å²) in [6, 6.07) is 8.88. The second kappa shape index (κ2) is 9.86. The maximum atomic E-state index is 12.7. The van der Waals surface area contributed by atoms with Crippen LogP contribution in [0.5, 0.6) is 0 Å². The zero-order chi connectivity index (χ0) is 22.5. The van der Waals surface area contributed by atoms with Crippen LogP contribution in [0, 0.1) is 5.92 Å². The number of pyridine rings is 1. The van der Waals surface area contributed by atoms with Gasteiger partial charge in [0, 0.05) is 43.2 Å². The predicted molar refractivity (Wildman–Crippen MR) is 123 cm³/mol. The Morgan fingerprint density at radius 1 is 1.12 bits per heavy atom. The highest BCUT2D eigenvalue weighted by Gasteiger charge is 2.28. The van der Waals surface area contributed by atoms with Crippen LogP contribution in [0.1, 0.15) is 46.9 Å². The highest BCUT2D eigenvalue weighted by Crippen LogP contribution is 2.23. The van der Waals surface area contributed by atoms with Crippen molar-refractivity contribution < 1.29 is 9.59 Å². The Bertz CT molecular complexity index is 1090. The van der Waals surface area contributed by atoms with E-state index in [1.165, 1.54) is 0 Å². The number of hydrogen-bond acceptors (Lipinski definition) is 6. The van der Waals surface area contributed by atoms with Gasteiger partial charge in [-0.3, -0.25) is 14.6 Å². The van der Waals surface area contributed by atoms with Crippen molar-refractivity contribution in [2.45, 2.75) is 32.9 Å². The van der Waals surface area contributed by atoms with Crippen molar-refractivity contribution in [1.82, 2.24) is 30.0 Å². The van der Waals surface area contributed by atoms with Gasteiger partial charge in [-0.25, -0.2) is 0 Å². The molecule has 9 heteroatoms. The summed E-state index contributed by atoms with van der Waals surface area (Å²) in [7, 11) is 0. The van der Waals surface area contributed by atoms with Crippen molar-refractivity contribution in [2.24, 2.45) is 5.92 Å². The largest absolute Gasteiger partial charge is 0.340 e. The second-order valence-corrected chi connectivity index (χ2v) is 8.94. The lowest BCUT2D eigenvalue weighted by Gasteiger charge is -2.23. The molecule has 0 saturated carbocycles. The van der Waals surface area contributed by atoms with E-state index in [-0.39, 0.29) is 23.8 Å². The molecule has 32 heavy (non-hydrogen) atoms. The van der Waals surface area contributed by atoms with Gasteiger partial charge in [-0.05, 0) is 35.6 Å². The van der Waals surface area contributed by atoms with Gasteiger partial charge in [-0.1, -0.05) is 26.0 Å².